The zero-order valence-corrected chi connectivity index (χ0v) is 8.97. The number of hydrogen-bond donors (Lipinski definition) is 3. The van der Waals surface area contributed by atoms with Crippen LogP contribution in [0.2, 0.25) is 0 Å². The molecule has 0 spiro atoms. The van der Waals surface area contributed by atoms with Crippen molar-refractivity contribution < 1.29 is 4.84 Å². The van der Waals surface area contributed by atoms with Crippen molar-refractivity contribution in [1.29, 1.82) is 0 Å². The number of H-pyrrole nitrogens is 1. The van der Waals surface area contributed by atoms with Crippen LogP contribution < -0.4 is 11.6 Å². The number of aromatic nitrogens is 3. The second-order valence-corrected chi connectivity index (χ2v) is 3.73. The second-order valence-electron chi connectivity index (χ2n) is 3.73. The zero-order chi connectivity index (χ0) is 11.8. The Bertz CT molecular complexity index is 691. The highest BCUT2D eigenvalue weighted by Crippen LogP contribution is 2.25. The van der Waals surface area contributed by atoms with Gasteiger partial charge in [-0.3, -0.25) is 4.84 Å². The molecule has 0 aliphatic rings. The SMILES string of the molecule is NOCc1nc2c([nH]1)c(N)nc1ccccc12. The predicted molar refractivity (Wildman–Crippen MR) is 64.8 cm³/mol. The highest BCUT2D eigenvalue weighted by molar-refractivity contribution is 6.05. The third-order valence-corrected chi connectivity index (χ3v) is 2.63. The number of imidazole rings is 1. The summed E-state index contributed by atoms with van der Waals surface area (Å²) in [6.07, 6.45) is 0. The minimum absolute atomic E-state index is 0.211. The number of nitrogen functional groups attached to an aromatic ring is 1. The zero-order valence-electron chi connectivity index (χ0n) is 8.97. The Morgan fingerprint density at radius 2 is 2.06 bits per heavy atom. The van der Waals surface area contributed by atoms with E-state index in [0.717, 1.165) is 21.9 Å². The summed E-state index contributed by atoms with van der Waals surface area (Å²) in [5, 5.41) is 0.955. The Morgan fingerprint density at radius 1 is 1.24 bits per heavy atom. The van der Waals surface area contributed by atoms with Gasteiger partial charge in [0.25, 0.3) is 0 Å². The number of nitrogens with zero attached hydrogens (tertiary/aromatic N) is 2. The Morgan fingerprint density at radius 3 is 2.88 bits per heavy atom. The molecule has 3 rings (SSSR count). The summed E-state index contributed by atoms with van der Waals surface area (Å²) in [5.41, 5.74) is 8.21. The van der Waals surface area contributed by atoms with Gasteiger partial charge in [-0.2, -0.15) is 0 Å². The van der Waals surface area contributed by atoms with Gasteiger partial charge in [0.1, 0.15) is 29.3 Å². The van der Waals surface area contributed by atoms with Gasteiger partial charge in [-0.05, 0) is 6.07 Å². The lowest BCUT2D eigenvalue weighted by Crippen LogP contribution is -2.00. The number of fused-ring (bicyclic) bond motifs is 3. The average Bonchev–Trinajstić information content (AvgIpc) is 2.74. The molecule has 3 aromatic rings. The lowest BCUT2D eigenvalue weighted by molar-refractivity contribution is 0.119. The van der Waals surface area contributed by atoms with E-state index in [1.807, 2.05) is 24.3 Å². The molecule has 5 N–H and O–H groups in total. The number of aromatic amines is 1. The van der Waals surface area contributed by atoms with Crippen LogP contribution in [-0.4, -0.2) is 15.0 Å². The fourth-order valence-corrected chi connectivity index (χ4v) is 1.91. The fourth-order valence-electron chi connectivity index (χ4n) is 1.91. The van der Waals surface area contributed by atoms with E-state index in [1.54, 1.807) is 0 Å². The van der Waals surface area contributed by atoms with Gasteiger partial charge >= 0.3 is 0 Å². The van der Waals surface area contributed by atoms with E-state index in [9.17, 15) is 0 Å². The topological polar surface area (TPSA) is 103 Å². The Hall–Kier alpha value is -2.18. The normalized spacial score (nSPS) is 11.4. The minimum Gasteiger partial charge on any atom is -0.382 e. The molecule has 0 amide bonds. The molecular weight excluding hydrogens is 218 g/mol. The first-order valence-electron chi connectivity index (χ1n) is 5.14. The molecule has 0 atom stereocenters. The minimum atomic E-state index is 0.211. The first-order valence-corrected chi connectivity index (χ1v) is 5.14. The fraction of sp³-hybridized carbons (Fsp3) is 0.0909. The van der Waals surface area contributed by atoms with Crippen molar-refractivity contribution in [2.75, 3.05) is 5.73 Å². The average molecular weight is 229 g/mol. The maximum atomic E-state index is 5.88. The molecule has 6 nitrogen and oxygen atoms in total. The molecular formula is C11H11N5O. The van der Waals surface area contributed by atoms with Gasteiger partial charge in [-0.1, -0.05) is 18.2 Å². The van der Waals surface area contributed by atoms with Crippen LogP contribution in [0.4, 0.5) is 5.82 Å². The molecule has 0 fully saturated rings. The molecule has 0 saturated heterocycles. The molecule has 0 unspecified atom stereocenters. The largest absolute Gasteiger partial charge is 0.382 e. The van der Waals surface area contributed by atoms with Crippen molar-refractivity contribution in [3.63, 3.8) is 0 Å². The summed E-state index contributed by atoms with van der Waals surface area (Å²) in [4.78, 5) is 16.3. The number of para-hydroxylation sites is 1. The van der Waals surface area contributed by atoms with E-state index >= 15 is 0 Å². The van der Waals surface area contributed by atoms with Gasteiger partial charge in [0.15, 0.2) is 0 Å². The summed E-state index contributed by atoms with van der Waals surface area (Å²) < 4.78 is 0. The highest BCUT2D eigenvalue weighted by Gasteiger charge is 2.10. The predicted octanol–water partition coefficient (Wildman–Crippen LogP) is 1.08. The van der Waals surface area contributed by atoms with Crippen molar-refractivity contribution in [3.05, 3.63) is 30.1 Å². The van der Waals surface area contributed by atoms with Crippen molar-refractivity contribution in [3.8, 4) is 0 Å². The van der Waals surface area contributed by atoms with E-state index in [2.05, 4.69) is 19.8 Å². The van der Waals surface area contributed by atoms with Crippen LogP contribution in [-0.2, 0) is 11.4 Å². The van der Waals surface area contributed by atoms with Crippen LogP contribution in [0, 0.1) is 0 Å². The van der Waals surface area contributed by atoms with Crippen LogP contribution in [0.25, 0.3) is 21.9 Å². The number of benzene rings is 1. The Kier molecular flexibility index (Phi) is 2.17. The second kappa shape index (κ2) is 3.69. The third-order valence-electron chi connectivity index (χ3n) is 2.63. The number of nitrogens with one attached hydrogen (secondary N) is 1. The first-order chi connectivity index (χ1) is 8.29. The number of nitrogens with two attached hydrogens (primary N) is 2. The lowest BCUT2D eigenvalue weighted by Gasteiger charge is -1.99. The quantitative estimate of drug-likeness (QED) is 0.570. The molecule has 86 valence electrons. The van der Waals surface area contributed by atoms with Crippen LogP contribution in [0.5, 0.6) is 0 Å². The van der Waals surface area contributed by atoms with E-state index < -0.39 is 0 Å². The smallest absolute Gasteiger partial charge is 0.150 e. The molecule has 0 aliphatic heterocycles. The highest BCUT2D eigenvalue weighted by atomic mass is 16.6. The summed E-state index contributed by atoms with van der Waals surface area (Å²) in [6.45, 7) is 0.211. The van der Waals surface area contributed by atoms with Crippen molar-refractivity contribution in [1.82, 2.24) is 15.0 Å². The number of anilines is 1. The molecule has 0 radical (unpaired) electrons. The van der Waals surface area contributed by atoms with Crippen molar-refractivity contribution in [2.45, 2.75) is 6.61 Å². The first kappa shape index (κ1) is 10.0. The summed E-state index contributed by atoms with van der Waals surface area (Å²) in [7, 11) is 0. The molecule has 17 heavy (non-hydrogen) atoms. The van der Waals surface area contributed by atoms with Crippen molar-refractivity contribution >= 4 is 27.8 Å². The van der Waals surface area contributed by atoms with Crippen LogP contribution in [0.15, 0.2) is 24.3 Å². The van der Waals surface area contributed by atoms with Gasteiger partial charge < -0.3 is 10.7 Å². The number of pyridine rings is 1. The third kappa shape index (κ3) is 1.50. The van der Waals surface area contributed by atoms with Crippen LogP contribution >= 0.6 is 0 Å². The monoisotopic (exact) mass is 229 g/mol. The van der Waals surface area contributed by atoms with E-state index in [1.165, 1.54) is 0 Å². The molecule has 0 saturated carbocycles. The lowest BCUT2D eigenvalue weighted by atomic mass is 10.2. The summed E-state index contributed by atoms with van der Waals surface area (Å²) in [6, 6.07) is 7.71. The summed E-state index contributed by atoms with van der Waals surface area (Å²) in [5.74, 6) is 6.08. The maximum Gasteiger partial charge on any atom is 0.150 e. The van der Waals surface area contributed by atoms with Crippen molar-refractivity contribution in [2.24, 2.45) is 5.90 Å². The molecule has 6 heteroatoms. The molecule has 2 heterocycles. The van der Waals surface area contributed by atoms with Gasteiger partial charge in [0, 0.05) is 5.39 Å². The van der Waals surface area contributed by atoms with Gasteiger partial charge in [-0.15, -0.1) is 0 Å². The molecule has 0 aliphatic carbocycles. The van der Waals surface area contributed by atoms with Crippen LogP contribution in [0.3, 0.4) is 0 Å². The molecule has 2 aromatic heterocycles. The van der Waals surface area contributed by atoms with E-state index in [0.29, 0.717) is 11.6 Å². The molecule has 1 aromatic carbocycles. The van der Waals surface area contributed by atoms with Crippen LogP contribution in [0.1, 0.15) is 5.82 Å². The number of hydrogen-bond acceptors (Lipinski definition) is 5. The van der Waals surface area contributed by atoms with Gasteiger partial charge in [0.05, 0.1) is 5.52 Å². The Labute approximate surface area is 96.6 Å². The Balaban J connectivity index is 2.39. The number of rotatable bonds is 2. The van der Waals surface area contributed by atoms with E-state index in [-0.39, 0.29) is 6.61 Å². The summed E-state index contributed by atoms with van der Waals surface area (Å²) >= 11 is 0. The van der Waals surface area contributed by atoms with Gasteiger partial charge in [0.2, 0.25) is 0 Å². The van der Waals surface area contributed by atoms with E-state index in [4.69, 9.17) is 11.6 Å². The van der Waals surface area contributed by atoms with Gasteiger partial charge in [-0.25, -0.2) is 15.9 Å². The molecule has 0 bridgehead atoms. The standard InChI is InChI=1S/C11H11N5O/c12-11-10-9(15-8(16-10)5-17-13)6-3-1-2-4-7(6)14-11/h1-4H,5,13H2,(H2,12,14)(H,15,16). The maximum absolute atomic E-state index is 5.88.